The number of rotatable bonds is 3. The third-order valence-corrected chi connectivity index (χ3v) is 4.70. The van der Waals surface area contributed by atoms with Crippen LogP contribution in [0.5, 0.6) is 0 Å². The quantitative estimate of drug-likeness (QED) is 0.588. The summed E-state index contributed by atoms with van der Waals surface area (Å²) in [6.07, 6.45) is 1.83. The van der Waals surface area contributed by atoms with Gasteiger partial charge in [-0.3, -0.25) is 4.98 Å². The van der Waals surface area contributed by atoms with Gasteiger partial charge >= 0.3 is 0 Å². The molecule has 0 bridgehead atoms. The Kier molecular flexibility index (Phi) is 3.76. The van der Waals surface area contributed by atoms with E-state index in [-0.39, 0.29) is 0 Å². The van der Waals surface area contributed by atoms with Gasteiger partial charge in [-0.1, -0.05) is 46.3 Å². The van der Waals surface area contributed by atoms with Crippen molar-refractivity contribution in [3.05, 3.63) is 66.4 Å². The van der Waals surface area contributed by atoms with Crippen LogP contribution in [-0.2, 0) is 5.33 Å². The average molecular weight is 330 g/mol. The van der Waals surface area contributed by atoms with Crippen molar-refractivity contribution < 1.29 is 0 Å². The molecular weight excluding hydrogens is 318 g/mol. The van der Waals surface area contributed by atoms with Crippen molar-refractivity contribution in [2.24, 2.45) is 0 Å². The topological polar surface area (TPSA) is 12.9 Å². The number of hydrogen-bond acceptors (Lipinski definition) is 2. The SMILES string of the molecule is BrCc1ccccc1-c1ccc(-c2ccccn2)s1. The first-order valence-electron chi connectivity index (χ1n) is 6.04. The fourth-order valence-electron chi connectivity index (χ4n) is 2.01. The molecule has 0 N–H and O–H groups in total. The van der Waals surface area contributed by atoms with Crippen molar-refractivity contribution in [3.8, 4) is 21.0 Å². The van der Waals surface area contributed by atoms with E-state index < -0.39 is 0 Å². The molecule has 0 spiro atoms. The van der Waals surface area contributed by atoms with E-state index in [4.69, 9.17) is 0 Å². The molecule has 3 rings (SSSR count). The normalized spacial score (nSPS) is 10.6. The van der Waals surface area contributed by atoms with Crippen molar-refractivity contribution in [1.29, 1.82) is 0 Å². The van der Waals surface area contributed by atoms with Crippen LogP contribution in [0.3, 0.4) is 0 Å². The highest BCUT2D eigenvalue weighted by molar-refractivity contribution is 9.08. The molecule has 2 heterocycles. The fraction of sp³-hybridized carbons (Fsp3) is 0.0625. The van der Waals surface area contributed by atoms with Crippen LogP contribution < -0.4 is 0 Å². The molecular formula is C16H12BrNS. The lowest BCUT2D eigenvalue weighted by atomic mass is 10.1. The van der Waals surface area contributed by atoms with Gasteiger partial charge in [0.05, 0.1) is 10.6 Å². The number of pyridine rings is 1. The molecule has 0 saturated carbocycles. The van der Waals surface area contributed by atoms with Gasteiger partial charge < -0.3 is 0 Å². The molecule has 3 heteroatoms. The molecule has 0 unspecified atom stereocenters. The lowest BCUT2D eigenvalue weighted by Crippen LogP contribution is -1.81. The molecule has 94 valence electrons. The summed E-state index contributed by atoms with van der Waals surface area (Å²) < 4.78 is 0. The number of benzene rings is 1. The Hall–Kier alpha value is -1.45. The molecule has 0 atom stereocenters. The Morgan fingerprint density at radius 3 is 2.47 bits per heavy atom. The van der Waals surface area contributed by atoms with Crippen molar-refractivity contribution in [2.75, 3.05) is 0 Å². The summed E-state index contributed by atoms with van der Waals surface area (Å²) in [4.78, 5) is 6.90. The van der Waals surface area contributed by atoms with Crippen LogP contribution in [0.4, 0.5) is 0 Å². The molecule has 3 aromatic rings. The van der Waals surface area contributed by atoms with Crippen LogP contribution in [-0.4, -0.2) is 4.98 Å². The highest BCUT2D eigenvalue weighted by Crippen LogP contribution is 2.35. The third-order valence-electron chi connectivity index (χ3n) is 2.95. The fourth-order valence-corrected chi connectivity index (χ4v) is 3.54. The van der Waals surface area contributed by atoms with E-state index in [0.717, 1.165) is 11.0 Å². The minimum absolute atomic E-state index is 0.875. The van der Waals surface area contributed by atoms with E-state index in [9.17, 15) is 0 Å². The Balaban J connectivity index is 2.02. The summed E-state index contributed by atoms with van der Waals surface area (Å²) in [5.74, 6) is 0. The summed E-state index contributed by atoms with van der Waals surface area (Å²) in [6.45, 7) is 0. The van der Waals surface area contributed by atoms with Gasteiger partial charge in [0.15, 0.2) is 0 Å². The maximum atomic E-state index is 4.40. The Morgan fingerprint density at radius 1 is 0.895 bits per heavy atom. The number of halogens is 1. The first kappa shape index (κ1) is 12.6. The predicted molar refractivity (Wildman–Crippen MR) is 85.6 cm³/mol. The Bertz CT molecular complexity index is 676. The standard InChI is InChI=1S/C16H12BrNS/c17-11-12-5-1-2-6-13(12)15-8-9-16(19-15)14-7-3-4-10-18-14/h1-10H,11H2. The van der Waals surface area contributed by atoms with Crippen LogP contribution in [0, 0.1) is 0 Å². The molecule has 0 aliphatic heterocycles. The molecule has 0 amide bonds. The summed E-state index contributed by atoms with van der Waals surface area (Å²) >= 11 is 5.33. The molecule has 0 aliphatic rings. The van der Waals surface area contributed by atoms with Gasteiger partial charge in [0, 0.05) is 16.4 Å². The van der Waals surface area contributed by atoms with Crippen LogP contribution in [0.25, 0.3) is 21.0 Å². The van der Waals surface area contributed by atoms with E-state index in [1.165, 1.54) is 20.9 Å². The highest BCUT2D eigenvalue weighted by atomic mass is 79.9. The van der Waals surface area contributed by atoms with E-state index in [1.807, 2.05) is 24.4 Å². The second kappa shape index (κ2) is 5.68. The number of nitrogens with zero attached hydrogens (tertiary/aromatic N) is 1. The summed E-state index contributed by atoms with van der Waals surface area (Å²) in [5.41, 5.74) is 3.65. The van der Waals surface area contributed by atoms with Gasteiger partial charge in [0.2, 0.25) is 0 Å². The average Bonchev–Trinajstić information content (AvgIpc) is 2.98. The lowest BCUT2D eigenvalue weighted by Gasteiger charge is -2.03. The first-order chi connectivity index (χ1) is 9.38. The largest absolute Gasteiger partial charge is 0.255 e. The molecule has 19 heavy (non-hydrogen) atoms. The van der Waals surface area contributed by atoms with E-state index in [0.29, 0.717) is 0 Å². The second-order valence-corrected chi connectivity index (χ2v) is 5.81. The first-order valence-corrected chi connectivity index (χ1v) is 7.98. The number of hydrogen-bond donors (Lipinski definition) is 0. The molecule has 0 aliphatic carbocycles. The zero-order chi connectivity index (χ0) is 13.1. The van der Waals surface area contributed by atoms with Gasteiger partial charge in [-0.2, -0.15) is 0 Å². The number of thiophene rings is 1. The summed E-state index contributed by atoms with van der Waals surface area (Å²) in [7, 11) is 0. The number of aromatic nitrogens is 1. The molecule has 2 aromatic heterocycles. The van der Waals surface area contributed by atoms with Gasteiger partial charge in [0.1, 0.15) is 0 Å². The molecule has 0 fully saturated rings. The van der Waals surface area contributed by atoms with E-state index >= 15 is 0 Å². The predicted octanol–water partition coefficient (Wildman–Crippen LogP) is 5.37. The monoisotopic (exact) mass is 329 g/mol. The van der Waals surface area contributed by atoms with Gasteiger partial charge in [-0.05, 0) is 35.4 Å². The lowest BCUT2D eigenvalue weighted by molar-refractivity contribution is 1.34. The zero-order valence-corrected chi connectivity index (χ0v) is 12.6. The van der Waals surface area contributed by atoms with Crippen LogP contribution >= 0.6 is 27.3 Å². The maximum absolute atomic E-state index is 4.40. The van der Waals surface area contributed by atoms with Gasteiger partial charge in [-0.15, -0.1) is 11.3 Å². The Labute approximate surface area is 125 Å². The minimum atomic E-state index is 0.875. The maximum Gasteiger partial charge on any atom is 0.0801 e. The molecule has 0 saturated heterocycles. The third kappa shape index (κ3) is 2.62. The van der Waals surface area contributed by atoms with Crippen molar-refractivity contribution in [3.63, 3.8) is 0 Å². The Morgan fingerprint density at radius 2 is 1.68 bits per heavy atom. The minimum Gasteiger partial charge on any atom is -0.255 e. The number of alkyl halides is 1. The second-order valence-electron chi connectivity index (χ2n) is 4.17. The molecule has 0 radical (unpaired) electrons. The van der Waals surface area contributed by atoms with E-state index in [2.05, 4.69) is 57.3 Å². The van der Waals surface area contributed by atoms with Gasteiger partial charge in [0.25, 0.3) is 0 Å². The summed E-state index contributed by atoms with van der Waals surface area (Å²) in [5, 5.41) is 0.875. The summed E-state index contributed by atoms with van der Waals surface area (Å²) in [6, 6.07) is 18.8. The van der Waals surface area contributed by atoms with Gasteiger partial charge in [-0.25, -0.2) is 0 Å². The smallest absolute Gasteiger partial charge is 0.0801 e. The van der Waals surface area contributed by atoms with E-state index in [1.54, 1.807) is 11.3 Å². The van der Waals surface area contributed by atoms with Crippen molar-refractivity contribution in [2.45, 2.75) is 5.33 Å². The zero-order valence-electron chi connectivity index (χ0n) is 10.2. The molecule has 1 aromatic carbocycles. The molecule has 1 nitrogen and oxygen atoms in total. The van der Waals surface area contributed by atoms with Crippen molar-refractivity contribution in [1.82, 2.24) is 4.98 Å². The van der Waals surface area contributed by atoms with Crippen molar-refractivity contribution >= 4 is 27.3 Å². The van der Waals surface area contributed by atoms with Crippen LogP contribution in [0.15, 0.2) is 60.8 Å². The van der Waals surface area contributed by atoms with Crippen LogP contribution in [0.2, 0.25) is 0 Å². The van der Waals surface area contributed by atoms with Crippen LogP contribution in [0.1, 0.15) is 5.56 Å². The highest BCUT2D eigenvalue weighted by Gasteiger charge is 2.08.